The summed E-state index contributed by atoms with van der Waals surface area (Å²) in [6, 6.07) is 19.3. The van der Waals surface area contributed by atoms with Crippen LogP contribution < -0.4 is 0 Å². The second kappa shape index (κ2) is 4.26. The average molecular weight is 239 g/mol. The molecule has 3 rings (SSSR count). The predicted molar refractivity (Wildman–Crippen MR) is 71.7 cm³/mol. The summed E-state index contributed by atoms with van der Waals surface area (Å²) in [7, 11) is 0. The fraction of sp³-hybridized carbons (Fsp3) is 0.0714. The van der Waals surface area contributed by atoms with E-state index in [-0.39, 0.29) is 0 Å². The van der Waals surface area contributed by atoms with Gasteiger partial charge in [0.2, 0.25) is 0 Å². The van der Waals surface area contributed by atoms with Crippen LogP contribution in [-0.4, -0.2) is 16.0 Å². The summed E-state index contributed by atoms with van der Waals surface area (Å²) in [6.45, 7) is 0. The molecule has 0 fully saturated rings. The molecular weight excluding hydrogens is 228 g/mol. The van der Waals surface area contributed by atoms with E-state index in [0.717, 1.165) is 16.2 Å². The smallest absolute Gasteiger partial charge is 0.126 e. The van der Waals surface area contributed by atoms with E-state index in [0.29, 0.717) is 0 Å². The third kappa shape index (κ3) is 1.72. The summed E-state index contributed by atoms with van der Waals surface area (Å²) in [5.74, 6) is 0. The van der Waals surface area contributed by atoms with Gasteiger partial charge in [-0.15, -0.1) is 11.8 Å². The van der Waals surface area contributed by atoms with Gasteiger partial charge in [0.1, 0.15) is 5.03 Å². The summed E-state index contributed by atoms with van der Waals surface area (Å²) < 4.78 is 1.97. The van der Waals surface area contributed by atoms with Gasteiger partial charge in [0.25, 0.3) is 0 Å². The number of aromatic nitrogens is 2. The molecule has 2 aromatic carbocycles. The van der Waals surface area contributed by atoms with Crippen LogP contribution in [0.15, 0.2) is 53.6 Å². The first-order chi connectivity index (χ1) is 8.40. The Kier molecular flexibility index (Phi) is 2.61. The zero-order valence-corrected chi connectivity index (χ0v) is 10.2. The minimum atomic E-state index is 1.05. The summed E-state index contributed by atoms with van der Waals surface area (Å²) in [5.41, 5.74) is 2.18. The van der Waals surface area contributed by atoms with Crippen molar-refractivity contribution in [2.24, 2.45) is 0 Å². The number of para-hydroxylation sites is 1. The van der Waals surface area contributed by atoms with Gasteiger partial charge in [0, 0.05) is 5.39 Å². The molecule has 1 radical (unpaired) electrons. The molecule has 17 heavy (non-hydrogen) atoms. The fourth-order valence-corrected chi connectivity index (χ4v) is 2.45. The molecule has 3 heteroatoms. The molecule has 0 aliphatic carbocycles. The molecular formula is C14H11N2S. The van der Waals surface area contributed by atoms with Crippen molar-refractivity contribution in [1.82, 2.24) is 9.78 Å². The highest BCUT2D eigenvalue weighted by Crippen LogP contribution is 2.27. The zero-order valence-electron chi connectivity index (χ0n) is 9.42. The normalized spacial score (nSPS) is 10.9. The largest absolute Gasteiger partial charge is 0.232 e. The van der Waals surface area contributed by atoms with Gasteiger partial charge in [-0.2, -0.15) is 5.10 Å². The van der Waals surface area contributed by atoms with Gasteiger partial charge in [-0.1, -0.05) is 24.3 Å². The highest BCUT2D eigenvalue weighted by Gasteiger charge is 2.09. The molecule has 0 unspecified atom stereocenters. The number of nitrogens with zero attached hydrogens (tertiary/aromatic N) is 2. The Balaban J connectivity index is 2.31. The summed E-state index contributed by atoms with van der Waals surface area (Å²) in [6.07, 6.45) is 2.05. The molecule has 0 spiro atoms. The van der Waals surface area contributed by atoms with Crippen molar-refractivity contribution in [2.45, 2.75) is 5.03 Å². The van der Waals surface area contributed by atoms with Crippen LogP contribution in [0, 0.1) is 6.07 Å². The molecule has 83 valence electrons. The van der Waals surface area contributed by atoms with Crippen molar-refractivity contribution < 1.29 is 0 Å². The maximum Gasteiger partial charge on any atom is 0.126 e. The van der Waals surface area contributed by atoms with E-state index in [9.17, 15) is 0 Å². The minimum Gasteiger partial charge on any atom is -0.232 e. The number of hydrogen-bond donors (Lipinski definition) is 0. The van der Waals surface area contributed by atoms with E-state index in [4.69, 9.17) is 0 Å². The van der Waals surface area contributed by atoms with Crippen LogP contribution in [0.4, 0.5) is 0 Å². The van der Waals surface area contributed by atoms with Crippen molar-refractivity contribution in [3.05, 3.63) is 54.6 Å². The number of thioether (sulfide) groups is 1. The molecule has 0 bridgehead atoms. The van der Waals surface area contributed by atoms with Crippen molar-refractivity contribution in [1.29, 1.82) is 0 Å². The van der Waals surface area contributed by atoms with Gasteiger partial charge in [-0.25, -0.2) is 4.68 Å². The van der Waals surface area contributed by atoms with Gasteiger partial charge < -0.3 is 0 Å². The lowest BCUT2D eigenvalue weighted by Gasteiger charge is -2.01. The monoisotopic (exact) mass is 239 g/mol. The lowest BCUT2D eigenvalue weighted by Crippen LogP contribution is -1.95. The Morgan fingerprint density at radius 2 is 2.00 bits per heavy atom. The molecule has 1 heterocycles. The van der Waals surface area contributed by atoms with E-state index < -0.39 is 0 Å². The van der Waals surface area contributed by atoms with E-state index in [1.165, 1.54) is 5.39 Å². The zero-order chi connectivity index (χ0) is 11.7. The number of hydrogen-bond acceptors (Lipinski definition) is 2. The fourth-order valence-electron chi connectivity index (χ4n) is 1.89. The molecule has 0 N–H and O–H groups in total. The maximum absolute atomic E-state index is 4.64. The molecule has 0 aliphatic heterocycles. The van der Waals surface area contributed by atoms with Crippen molar-refractivity contribution in [3.63, 3.8) is 0 Å². The summed E-state index contributed by atoms with van der Waals surface area (Å²) in [4.78, 5) is 0. The Bertz CT molecular complexity index is 644. The van der Waals surface area contributed by atoms with Crippen molar-refractivity contribution in [2.75, 3.05) is 6.26 Å². The average Bonchev–Trinajstić information content (AvgIpc) is 2.78. The van der Waals surface area contributed by atoms with Crippen LogP contribution >= 0.6 is 11.8 Å². The SMILES string of the molecule is CSc1nn(-c2ccccc2)c2c[c]ccc12. The Labute approximate surface area is 104 Å². The Hall–Kier alpha value is -1.74. The van der Waals surface area contributed by atoms with Crippen molar-refractivity contribution >= 4 is 22.7 Å². The lowest BCUT2D eigenvalue weighted by atomic mass is 10.2. The van der Waals surface area contributed by atoms with Gasteiger partial charge >= 0.3 is 0 Å². The maximum atomic E-state index is 4.64. The van der Waals surface area contributed by atoms with E-state index in [1.54, 1.807) is 11.8 Å². The first-order valence-electron chi connectivity index (χ1n) is 5.38. The van der Waals surface area contributed by atoms with Crippen LogP contribution in [0.1, 0.15) is 0 Å². The van der Waals surface area contributed by atoms with Gasteiger partial charge in [-0.3, -0.25) is 0 Å². The summed E-state index contributed by atoms with van der Waals surface area (Å²) >= 11 is 1.67. The quantitative estimate of drug-likeness (QED) is 0.636. The van der Waals surface area contributed by atoms with E-state index in [1.807, 2.05) is 41.3 Å². The van der Waals surface area contributed by atoms with E-state index >= 15 is 0 Å². The van der Waals surface area contributed by atoms with Crippen molar-refractivity contribution in [3.8, 4) is 5.69 Å². The van der Waals surface area contributed by atoms with E-state index in [2.05, 4.69) is 29.4 Å². The molecule has 0 saturated heterocycles. The highest BCUT2D eigenvalue weighted by atomic mass is 32.2. The molecule has 0 aliphatic rings. The third-order valence-electron chi connectivity index (χ3n) is 2.69. The van der Waals surface area contributed by atoms with Crippen LogP contribution in [0.5, 0.6) is 0 Å². The Morgan fingerprint density at radius 1 is 1.18 bits per heavy atom. The molecule has 2 nitrogen and oxygen atoms in total. The number of benzene rings is 2. The van der Waals surface area contributed by atoms with Crippen LogP contribution in [0.25, 0.3) is 16.6 Å². The predicted octanol–water partition coefficient (Wildman–Crippen LogP) is 3.55. The molecule has 0 saturated carbocycles. The van der Waals surface area contributed by atoms with Gasteiger partial charge in [0.15, 0.2) is 0 Å². The third-order valence-corrected chi connectivity index (χ3v) is 3.37. The van der Waals surface area contributed by atoms with Crippen LogP contribution in [0.3, 0.4) is 0 Å². The molecule has 0 amide bonds. The van der Waals surface area contributed by atoms with Crippen LogP contribution in [0.2, 0.25) is 0 Å². The second-order valence-corrected chi connectivity index (χ2v) is 4.49. The molecule has 3 aromatic rings. The second-order valence-electron chi connectivity index (χ2n) is 3.70. The minimum absolute atomic E-state index is 1.05. The topological polar surface area (TPSA) is 17.8 Å². The van der Waals surface area contributed by atoms with Gasteiger partial charge in [-0.05, 0) is 36.6 Å². The number of rotatable bonds is 2. The standard InChI is InChI=1S/C14H11N2S/c1-17-14-12-9-5-6-10-13(12)16(15-14)11-7-3-2-4-8-11/h2-5,7-10H,1H3. The highest BCUT2D eigenvalue weighted by molar-refractivity contribution is 7.98. The van der Waals surface area contributed by atoms with Crippen LogP contribution in [-0.2, 0) is 0 Å². The first kappa shape index (κ1) is 10.4. The first-order valence-corrected chi connectivity index (χ1v) is 6.61. The lowest BCUT2D eigenvalue weighted by molar-refractivity contribution is 0.861. The molecule has 0 atom stereocenters. The number of fused-ring (bicyclic) bond motifs is 1. The molecule has 1 aromatic heterocycles. The van der Waals surface area contributed by atoms with Gasteiger partial charge in [0.05, 0.1) is 11.2 Å². The Morgan fingerprint density at radius 3 is 2.76 bits per heavy atom. The summed E-state index contributed by atoms with van der Waals surface area (Å²) in [5, 5.41) is 6.87.